The SMILES string of the molecule is CCCCN(C(=O)CN1C[C@H](c2ccc3c(c2)OCO3)C(C(=O)O)[C@@H]1CCc1ccncn1)c1cccc(C[N+](C)(C)C)c1. The van der Waals surface area contributed by atoms with Crippen LogP contribution in [0, 0.1) is 5.92 Å². The van der Waals surface area contributed by atoms with Crippen molar-refractivity contribution in [2.45, 2.75) is 51.1 Å². The number of hydrogen-bond acceptors (Lipinski definition) is 7. The largest absolute Gasteiger partial charge is 0.481 e. The highest BCUT2D eigenvalue weighted by molar-refractivity contribution is 5.95. The molecule has 3 aromatic rings. The van der Waals surface area contributed by atoms with Gasteiger partial charge in [-0.3, -0.25) is 14.5 Å². The van der Waals surface area contributed by atoms with Gasteiger partial charge in [-0.2, -0.15) is 0 Å². The summed E-state index contributed by atoms with van der Waals surface area (Å²) in [5.41, 5.74) is 3.77. The van der Waals surface area contributed by atoms with E-state index in [1.807, 2.05) is 41.3 Å². The molecule has 2 aliphatic rings. The molecule has 2 aliphatic heterocycles. The molecule has 3 heterocycles. The lowest BCUT2D eigenvalue weighted by Gasteiger charge is -2.30. The number of nitrogens with zero attached hydrogens (tertiary/aromatic N) is 5. The summed E-state index contributed by atoms with van der Waals surface area (Å²) in [5, 5.41) is 10.6. The number of fused-ring (bicyclic) bond motifs is 1. The van der Waals surface area contributed by atoms with Crippen LogP contribution in [0.2, 0.25) is 0 Å². The van der Waals surface area contributed by atoms with E-state index in [-0.39, 0.29) is 31.2 Å². The van der Waals surface area contributed by atoms with Gasteiger partial charge in [-0.25, -0.2) is 9.97 Å². The third-order valence-electron chi connectivity index (χ3n) is 8.45. The predicted octanol–water partition coefficient (Wildman–Crippen LogP) is 4.35. The zero-order chi connectivity index (χ0) is 31.3. The molecule has 1 N–H and O–H groups in total. The van der Waals surface area contributed by atoms with Gasteiger partial charge < -0.3 is 24.0 Å². The van der Waals surface area contributed by atoms with Crippen molar-refractivity contribution in [2.24, 2.45) is 5.92 Å². The molecule has 0 bridgehead atoms. The van der Waals surface area contributed by atoms with Crippen LogP contribution in [0.15, 0.2) is 61.1 Å². The Kier molecular flexibility index (Phi) is 9.80. The minimum atomic E-state index is -0.869. The molecular formula is C34H44N5O5+. The summed E-state index contributed by atoms with van der Waals surface area (Å²) in [5.74, 6) is -0.637. The van der Waals surface area contributed by atoms with Gasteiger partial charge in [-0.1, -0.05) is 31.5 Å². The maximum Gasteiger partial charge on any atom is 0.308 e. The Morgan fingerprint density at radius 1 is 1.09 bits per heavy atom. The molecule has 3 atom stereocenters. The van der Waals surface area contributed by atoms with Crippen LogP contribution in [-0.4, -0.2) is 89.9 Å². The first-order valence-corrected chi connectivity index (χ1v) is 15.4. The summed E-state index contributed by atoms with van der Waals surface area (Å²) in [6, 6.07) is 15.4. The Morgan fingerprint density at radius 2 is 1.91 bits per heavy atom. The number of aromatic nitrogens is 2. The molecule has 0 saturated carbocycles. The van der Waals surface area contributed by atoms with Crippen molar-refractivity contribution in [3.05, 3.63) is 77.9 Å². The fourth-order valence-electron chi connectivity index (χ4n) is 6.44. The predicted molar refractivity (Wildman–Crippen MR) is 168 cm³/mol. The highest BCUT2D eigenvalue weighted by Gasteiger charge is 2.47. The smallest absolute Gasteiger partial charge is 0.308 e. The lowest BCUT2D eigenvalue weighted by molar-refractivity contribution is -0.884. The molecule has 1 amide bonds. The number of carboxylic acid groups (broad SMARTS) is 1. The van der Waals surface area contributed by atoms with Gasteiger partial charge >= 0.3 is 5.97 Å². The average Bonchev–Trinajstić information content (AvgIpc) is 3.60. The first kappa shape index (κ1) is 31.4. The van der Waals surface area contributed by atoms with Crippen molar-refractivity contribution >= 4 is 17.6 Å². The number of ether oxygens (including phenoxy) is 2. The molecule has 1 saturated heterocycles. The number of aryl methyl sites for hydroxylation is 1. The first-order chi connectivity index (χ1) is 21.1. The van der Waals surface area contributed by atoms with E-state index in [0.29, 0.717) is 37.4 Å². The van der Waals surface area contributed by atoms with Crippen molar-refractivity contribution in [1.29, 1.82) is 0 Å². The molecule has 1 aromatic heterocycles. The highest BCUT2D eigenvalue weighted by Crippen LogP contribution is 2.43. The van der Waals surface area contributed by atoms with Gasteiger partial charge in [0, 0.05) is 48.2 Å². The number of unbranched alkanes of at least 4 members (excludes halogenated alkanes) is 1. The topological polar surface area (TPSA) is 105 Å². The minimum Gasteiger partial charge on any atom is -0.481 e. The highest BCUT2D eigenvalue weighted by atomic mass is 16.7. The first-order valence-electron chi connectivity index (χ1n) is 15.4. The monoisotopic (exact) mass is 602 g/mol. The van der Waals surface area contributed by atoms with Gasteiger partial charge in [-0.15, -0.1) is 0 Å². The molecule has 1 fully saturated rings. The molecule has 5 rings (SSSR count). The number of carbonyl (C=O) groups excluding carboxylic acids is 1. The maximum absolute atomic E-state index is 14.2. The van der Waals surface area contributed by atoms with Gasteiger partial charge in [0.2, 0.25) is 12.7 Å². The number of hydrogen-bond donors (Lipinski definition) is 1. The molecular weight excluding hydrogens is 558 g/mol. The van der Waals surface area contributed by atoms with E-state index in [4.69, 9.17) is 9.47 Å². The number of carbonyl (C=O) groups is 2. The Labute approximate surface area is 259 Å². The van der Waals surface area contributed by atoms with Crippen molar-refractivity contribution in [2.75, 3.05) is 52.5 Å². The third-order valence-corrected chi connectivity index (χ3v) is 8.45. The number of quaternary nitrogens is 1. The van der Waals surface area contributed by atoms with E-state index in [0.717, 1.165) is 40.8 Å². The zero-order valence-corrected chi connectivity index (χ0v) is 26.2. The van der Waals surface area contributed by atoms with E-state index < -0.39 is 11.9 Å². The number of likely N-dealkylation sites (tertiary alicyclic amines) is 1. The third kappa shape index (κ3) is 7.54. The summed E-state index contributed by atoms with van der Waals surface area (Å²) < 4.78 is 11.9. The van der Waals surface area contributed by atoms with Crippen molar-refractivity contribution in [1.82, 2.24) is 14.9 Å². The van der Waals surface area contributed by atoms with E-state index in [1.54, 1.807) is 6.20 Å². The van der Waals surface area contributed by atoms with Crippen LogP contribution in [0.25, 0.3) is 0 Å². The quantitative estimate of drug-likeness (QED) is 0.288. The maximum atomic E-state index is 14.2. The molecule has 234 valence electrons. The second-order valence-electron chi connectivity index (χ2n) is 12.8. The molecule has 10 nitrogen and oxygen atoms in total. The molecule has 0 radical (unpaired) electrons. The van der Waals surface area contributed by atoms with Crippen LogP contribution < -0.4 is 14.4 Å². The lowest BCUT2D eigenvalue weighted by Crippen LogP contribution is -2.44. The standard InChI is InChI=1S/C34H43N5O5/c1-5-6-16-38(27-9-7-8-24(17-27)21-39(2,3)4)32(40)20-37-19-28(25-10-13-30-31(18-25)44-23-43-30)33(34(41)42)29(37)12-11-26-14-15-35-22-36-26/h7-10,13-15,17-18,22,28-29,33H,5-6,11-12,16,19-21,23H2,1-4H3/p+1/t28-,29+,33?/m1/s1. The van der Waals surface area contributed by atoms with Crippen molar-refractivity contribution in [3.63, 3.8) is 0 Å². The van der Waals surface area contributed by atoms with Gasteiger partial charge in [0.1, 0.15) is 12.9 Å². The lowest BCUT2D eigenvalue weighted by atomic mass is 9.83. The van der Waals surface area contributed by atoms with E-state index in [1.165, 1.54) is 11.9 Å². The summed E-state index contributed by atoms with van der Waals surface area (Å²) in [4.78, 5) is 39.4. The second-order valence-corrected chi connectivity index (χ2v) is 12.8. The van der Waals surface area contributed by atoms with Crippen LogP contribution in [0.5, 0.6) is 11.5 Å². The number of carboxylic acids is 1. The summed E-state index contributed by atoms with van der Waals surface area (Å²) in [6.45, 7) is 4.29. The molecule has 10 heteroatoms. The second kappa shape index (κ2) is 13.7. The van der Waals surface area contributed by atoms with Crippen LogP contribution in [0.1, 0.15) is 48.9 Å². The van der Waals surface area contributed by atoms with Crippen LogP contribution in [-0.2, 0) is 22.6 Å². The van der Waals surface area contributed by atoms with Crippen molar-refractivity contribution < 1.29 is 28.7 Å². The van der Waals surface area contributed by atoms with E-state index >= 15 is 0 Å². The summed E-state index contributed by atoms with van der Waals surface area (Å²) in [6.07, 6.45) is 6.17. The summed E-state index contributed by atoms with van der Waals surface area (Å²) in [7, 11) is 6.45. The Hall–Kier alpha value is -4.02. The fraction of sp³-hybridized carbons (Fsp3) is 0.471. The van der Waals surface area contributed by atoms with Gasteiger partial charge in [-0.05, 0) is 55.2 Å². The van der Waals surface area contributed by atoms with Crippen LogP contribution in [0.3, 0.4) is 0 Å². The number of aliphatic carboxylic acids is 1. The Bertz CT molecular complexity index is 1440. The van der Waals surface area contributed by atoms with Crippen LogP contribution >= 0.6 is 0 Å². The van der Waals surface area contributed by atoms with E-state index in [2.05, 4.69) is 55.1 Å². The number of amides is 1. The van der Waals surface area contributed by atoms with Gasteiger partial charge in [0.05, 0.1) is 33.6 Å². The fourth-order valence-corrected chi connectivity index (χ4v) is 6.44. The molecule has 1 unspecified atom stereocenters. The van der Waals surface area contributed by atoms with E-state index in [9.17, 15) is 14.7 Å². The Morgan fingerprint density at radius 3 is 2.64 bits per heavy atom. The van der Waals surface area contributed by atoms with Gasteiger partial charge in [0.25, 0.3) is 0 Å². The summed E-state index contributed by atoms with van der Waals surface area (Å²) >= 11 is 0. The average molecular weight is 603 g/mol. The van der Waals surface area contributed by atoms with Gasteiger partial charge in [0.15, 0.2) is 11.5 Å². The molecule has 44 heavy (non-hydrogen) atoms. The normalized spacial score (nSPS) is 19.7. The minimum absolute atomic E-state index is 0.0247. The molecule has 2 aromatic carbocycles. The Balaban J connectivity index is 1.44. The number of rotatable bonds is 13. The molecule has 0 aliphatic carbocycles. The van der Waals surface area contributed by atoms with Crippen molar-refractivity contribution in [3.8, 4) is 11.5 Å². The zero-order valence-electron chi connectivity index (χ0n) is 26.2. The molecule has 0 spiro atoms. The number of anilines is 1. The van der Waals surface area contributed by atoms with Crippen LogP contribution in [0.4, 0.5) is 5.69 Å². The number of benzene rings is 2.